The molecule has 2 fully saturated rings. The summed E-state index contributed by atoms with van der Waals surface area (Å²) in [5.41, 5.74) is 0. The van der Waals surface area contributed by atoms with Gasteiger partial charge in [0, 0.05) is 6.54 Å². The average Bonchev–Trinajstić information content (AvgIpc) is 3.21. The van der Waals surface area contributed by atoms with E-state index in [-0.39, 0.29) is 18.3 Å². The maximum absolute atomic E-state index is 11.5. The van der Waals surface area contributed by atoms with E-state index in [9.17, 15) is 4.79 Å². The Balaban J connectivity index is 0.00000200. The van der Waals surface area contributed by atoms with Crippen molar-refractivity contribution in [3.63, 3.8) is 0 Å². The molecule has 0 spiro atoms. The highest BCUT2D eigenvalue weighted by molar-refractivity contribution is 5.85. The SMILES string of the molecule is CC1CCCCC1OCCNC(=O)CNCC1CC1.Cl. The third-order valence-electron chi connectivity index (χ3n) is 4.20. The molecule has 2 rings (SSSR count). The number of carbonyl (C=O) groups is 1. The molecule has 4 nitrogen and oxygen atoms in total. The van der Waals surface area contributed by atoms with Crippen LogP contribution in [0.3, 0.4) is 0 Å². The van der Waals surface area contributed by atoms with Crippen LogP contribution in [-0.2, 0) is 9.53 Å². The summed E-state index contributed by atoms with van der Waals surface area (Å²) < 4.78 is 5.86. The van der Waals surface area contributed by atoms with Gasteiger partial charge in [-0.05, 0) is 44.1 Å². The standard InChI is InChI=1S/C15H28N2O2.ClH/c1-12-4-2-3-5-14(12)19-9-8-17-15(18)11-16-10-13-6-7-13;/h12-14,16H,2-11H2,1H3,(H,17,18);1H. The lowest BCUT2D eigenvalue weighted by Gasteiger charge is -2.28. The highest BCUT2D eigenvalue weighted by Gasteiger charge is 2.22. The van der Waals surface area contributed by atoms with Crippen molar-refractivity contribution < 1.29 is 9.53 Å². The smallest absolute Gasteiger partial charge is 0.234 e. The van der Waals surface area contributed by atoms with Crippen LogP contribution in [0.4, 0.5) is 0 Å². The Morgan fingerprint density at radius 2 is 1.95 bits per heavy atom. The van der Waals surface area contributed by atoms with E-state index < -0.39 is 0 Å². The van der Waals surface area contributed by atoms with Crippen molar-refractivity contribution in [2.24, 2.45) is 11.8 Å². The fourth-order valence-corrected chi connectivity index (χ4v) is 2.70. The zero-order chi connectivity index (χ0) is 13.5. The summed E-state index contributed by atoms with van der Waals surface area (Å²) in [5.74, 6) is 1.58. The molecule has 20 heavy (non-hydrogen) atoms. The van der Waals surface area contributed by atoms with Crippen LogP contribution < -0.4 is 10.6 Å². The lowest BCUT2D eigenvalue weighted by atomic mass is 9.88. The zero-order valence-corrected chi connectivity index (χ0v) is 13.3. The lowest BCUT2D eigenvalue weighted by molar-refractivity contribution is -0.120. The molecule has 2 N–H and O–H groups in total. The quantitative estimate of drug-likeness (QED) is 0.675. The number of halogens is 1. The molecule has 2 unspecified atom stereocenters. The molecule has 0 saturated heterocycles. The van der Waals surface area contributed by atoms with Crippen LogP contribution in [0.2, 0.25) is 0 Å². The van der Waals surface area contributed by atoms with Gasteiger partial charge in [0.25, 0.3) is 0 Å². The first kappa shape index (κ1) is 17.7. The molecular formula is C15H29ClN2O2. The lowest BCUT2D eigenvalue weighted by Crippen LogP contribution is -2.37. The first-order valence-corrected chi connectivity index (χ1v) is 7.84. The highest BCUT2D eigenvalue weighted by atomic mass is 35.5. The van der Waals surface area contributed by atoms with Gasteiger partial charge in [0.05, 0.1) is 19.3 Å². The number of ether oxygens (including phenoxy) is 1. The van der Waals surface area contributed by atoms with Gasteiger partial charge in [0.2, 0.25) is 5.91 Å². The van der Waals surface area contributed by atoms with Crippen molar-refractivity contribution in [2.45, 2.75) is 51.6 Å². The third kappa shape index (κ3) is 6.91. The van der Waals surface area contributed by atoms with Crippen LogP contribution in [-0.4, -0.2) is 38.3 Å². The van der Waals surface area contributed by atoms with Crippen molar-refractivity contribution in [1.29, 1.82) is 0 Å². The van der Waals surface area contributed by atoms with Gasteiger partial charge in [-0.3, -0.25) is 4.79 Å². The van der Waals surface area contributed by atoms with Crippen LogP contribution >= 0.6 is 12.4 Å². The summed E-state index contributed by atoms with van der Waals surface area (Å²) >= 11 is 0. The molecule has 2 aliphatic rings. The molecule has 0 heterocycles. The first-order valence-electron chi connectivity index (χ1n) is 7.84. The molecule has 0 radical (unpaired) electrons. The van der Waals surface area contributed by atoms with Crippen LogP contribution in [0.5, 0.6) is 0 Å². The summed E-state index contributed by atoms with van der Waals surface area (Å²) in [6, 6.07) is 0. The minimum Gasteiger partial charge on any atom is -0.376 e. The van der Waals surface area contributed by atoms with E-state index in [1.165, 1.54) is 38.5 Å². The second-order valence-electron chi connectivity index (χ2n) is 6.10. The molecule has 1 amide bonds. The topological polar surface area (TPSA) is 50.4 Å². The van der Waals surface area contributed by atoms with E-state index in [4.69, 9.17) is 4.74 Å². The van der Waals surface area contributed by atoms with Gasteiger partial charge in [-0.1, -0.05) is 19.8 Å². The minimum absolute atomic E-state index is 0. The zero-order valence-electron chi connectivity index (χ0n) is 12.5. The Morgan fingerprint density at radius 1 is 1.20 bits per heavy atom. The normalized spacial score (nSPS) is 25.9. The Labute approximate surface area is 128 Å². The molecule has 0 aromatic rings. The van der Waals surface area contributed by atoms with E-state index in [1.54, 1.807) is 0 Å². The van der Waals surface area contributed by atoms with E-state index in [0.29, 0.717) is 31.7 Å². The first-order chi connectivity index (χ1) is 9.25. The maximum Gasteiger partial charge on any atom is 0.234 e. The molecule has 2 atom stereocenters. The summed E-state index contributed by atoms with van der Waals surface area (Å²) in [6.45, 7) is 4.97. The molecule has 0 aromatic heterocycles. The summed E-state index contributed by atoms with van der Waals surface area (Å²) in [5, 5.41) is 6.10. The number of nitrogens with one attached hydrogen (secondary N) is 2. The fourth-order valence-electron chi connectivity index (χ4n) is 2.70. The van der Waals surface area contributed by atoms with Crippen LogP contribution in [0.15, 0.2) is 0 Å². The number of rotatable bonds is 8. The molecule has 5 heteroatoms. The average molecular weight is 305 g/mol. The molecule has 2 aliphatic carbocycles. The Bertz CT molecular complexity index is 285. The highest BCUT2D eigenvalue weighted by Crippen LogP contribution is 2.27. The van der Waals surface area contributed by atoms with Gasteiger partial charge >= 0.3 is 0 Å². The predicted octanol–water partition coefficient (Wildman–Crippen LogP) is 2.12. The molecular weight excluding hydrogens is 276 g/mol. The van der Waals surface area contributed by atoms with Crippen molar-refractivity contribution in [1.82, 2.24) is 10.6 Å². The molecule has 0 aromatic carbocycles. The van der Waals surface area contributed by atoms with Crippen molar-refractivity contribution >= 4 is 18.3 Å². The minimum atomic E-state index is 0. The molecule has 0 aliphatic heterocycles. The van der Waals surface area contributed by atoms with Crippen molar-refractivity contribution in [3.8, 4) is 0 Å². The maximum atomic E-state index is 11.5. The largest absolute Gasteiger partial charge is 0.376 e. The monoisotopic (exact) mass is 304 g/mol. The molecule has 0 bridgehead atoms. The van der Waals surface area contributed by atoms with Crippen LogP contribution in [0.1, 0.15) is 45.4 Å². The number of amides is 1. The van der Waals surface area contributed by atoms with Crippen LogP contribution in [0, 0.1) is 11.8 Å². The van der Waals surface area contributed by atoms with E-state index in [1.807, 2.05) is 0 Å². The van der Waals surface area contributed by atoms with Gasteiger partial charge in [0.1, 0.15) is 0 Å². The summed E-state index contributed by atoms with van der Waals surface area (Å²) in [7, 11) is 0. The number of hydrogen-bond acceptors (Lipinski definition) is 3. The van der Waals surface area contributed by atoms with E-state index in [2.05, 4.69) is 17.6 Å². The molecule has 2 saturated carbocycles. The Hall–Kier alpha value is -0.320. The van der Waals surface area contributed by atoms with Crippen molar-refractivity contribution in [2.75, 3.05) is 26.2 Å². The van der Waals surface area contributed by atoms with Gasteiger partial charge < -0.3 is 15.4 Å². The van der Waals surface area contributed by atoms with Gasteiger partial charge in [0.15, 0.2) is 0 Å². The Kier molecular flexibility index (Phi) is 8.50. The van der Waals surface area contributed by atoms with Gasteiger partial charge in [-0.2, -0.15) is 0 Å². The molecule has 118 valence electrons. The van der Waals surface area contributed by atoms with Gasteiger partial charge in [-0.25, -0.2) is 0 Å². The number of hydrogen-bond donors (Lipinski definition) is 2. The summed E-state index contributed by atoms with van der Waals surface area (Å²) in [6.07, 6.45) is 8.12. The van der Waals surface area contributed by atoms with Gasteiger partial charge in [-0.15, -0.1) is 12.4 Å². The summed E-state index contributed by atoms with van der Waals surface area (Å²) in [4.78, 5) is 11.5. The van der Waals surface area contributed by atoms with E-state index in [0.717, 1.165) is 12.5 Å². The third-order valence-corrected chi connectivity index (χ3v) is 4.20. The second kappa shape index (κ2) is 9.59. The Morgan fingerprint density at radius 3 is 2.65 bits per heavy atom. The van der Waals surface area contributed by atoms with E-state index >= 15 is 0 Å². The predicted molar refractivity (Wildman–Crippen MR) is 83.2 cm³/mol. The second-order valence-corrected chi connectivity index (χ2v) is 6.10. The number of carbonyl (C=O) groups excluding carboxylic acids is 1. The fraction of sp³-hybridized carbons (Fsp3) is 0.933. The van der Waals surface area contributed by atoms with Crippen molar-refractivity contribution in [3.05, 3.63) is 0 Å². The van der Waals surface area contributed by atoms with Crippen LogP contribution in [0.25, 0.3) is 0 Å².